The molecule has 0 fully saturated rings. The maximum atomic E-state index is 13.4. The van der Waals surface area contributed by atoms with Crippen molar-refractivity contribution < 1.29 is 28.7 Å². The molecule has 190 valence electrons. The third-order valence-corrected chi connectivity index (χ3v) is 6.92. The van der Waals surface area contributed by atoms with Gasteiger partial charge in [-0.15, -0.1) is 0 Å². The number of fused-ring (bicyclic) bond motifs is 2. The number of amides is 4. The van der Waals surface area contributed by atoms with Crippen LogP contribution in [0.3, 0.4) is 0 Å². The number of anilines is 2. The number of carbonyl (C=O) groups is 5. The van der Waals surface area contributed by atoms with Gasteiger partial charge >= 0.3 is 0 Å². The molecule has 0 N–H and O–H groups in total. The third-order valence-electron chi connectivity index (χ3n) is 6.92. The van der Waals surface area contributed by atoms with Crippen LogP contribution in [0, 0.1) is 6.92 Å². The predicted molar refractivity (Wildman–Crippen MR) is 143 cm³/mol. The molecule has 8 nitrogen and oxygen atoms in total. The predicted octanol–water partition coefficient (Wildman–Crippen LogP) is 4.84. The Balaban J connectivity index is 1.30. The number of ether oxygens (including phenoxy) is 1. The van der Waals surface area contributed by atoms with Crippen LogP contribution in [0.25, 0.3) is 0 Å². The van der Waals surface area contributed by atoms with E-state index in [4.69, 9.17) is 4.74 Å². The van der Waals surface area contributed by atoms with Crippen molar-refractivity contribution in [2.45, 2.75) is 6.92 Å². The number of ketones is 1. The lowest BCUT2D eigenvalue weighted by molar-refractivity contribution is 0.0910. The molecular weight excluding hydrogens is 496 g/mol. The largest absolute Gasteiger partial charge is 0.497 e. The Bertz CT molecular complexity index is 1740. The highest BCUT2D eigenvalue weighted by atomic mass is 16.5. The van der Waals surface area contributed by atoms with E-state index in [-0.39, 0.29) is 33.4 Å². The Hall–Kier alpha value is -5.37. The molecule has 0 atom stereocenters. The molecule has 0 bridgehead atoms. The second-order valence-corrected chi connectivity index (χ2v) is 9.27. The number of benzene rings is 4. The minimum atomic E-state index is -0.543. The zero-order chi connectivity index (χ0) is 27.4. The number of hydrogen-bond acceptors (Lipinski definition) is 6. The number of imide groups is 2. The summed E-state index contributed by atoms with van der Waals surface area (Å²) < 4.78 is 5.14. The minimum absolute atomic E-state index is 0.111. The molecule has 0 aromatic heterocycles. The lowest BCUT2D eigenvalue weighted by Gasteiger charge is -2.14. The SMILES string of the molecule is COc1ccc(N2C(=O)c3ccc(C(=O)c4ccc5c(c4)C(=O)N(c4ccc(C)cc4)C5=O)cc3C2=O)cc1. The molecular formula is C31H20N2O6. The lowest BCUT2D eigenvalue weighted by Crippen LogP contribution is -2.29. The van der Waals surface area contributed by atoms with Gasteiger partial charge in [0.2, 0.25) is 0 Å². The van der Waals surface area contributed by atoms with Crippen molar-refractivity contribution in [1.29, 1.82) is 0 Å². The molecule has 2 aliphatic heterocycles. The summed E-state index contributed by atoms with van der Waals surface area (Å²) in [5.74, 6) is -1.87. The van der Waals surface area contributed by atoms with Crippen molar-refractivity contribution in [2.75, 3.05) is 16.9 Å². The summed E-state index contributed by atoms with van der Waals surface area (Å²) in [4.78, 5) is 67.8. The van der Waals surface area contributed by atoms with Gasteiger partial charge in [-0.05, 0) is 67.6 Å². The van der Waals surface area contributed by atoms with E-state index in [9.17, 15) is 24.0 Å². The maximum absolute atomic E-state index is 13.4. The van der Waals surface area contributed by atoms with Crippen molar-refractivity contribution in [3.63, 3.8) is 0 Å². The van der Waals surface area contributed by atoms with Gasteiger partial charge in [-0.25, -0.2) is 9.80 Å². The van der Waals surface area contributed by atoms with Crippen LogP contribution in [0.1, 0.15) is 62.9 Å². The number of nitrogens with zero attached hydrogens (tertiary/aromatic N) is 2. The molecule has 6 rings (SSSR count). The molecule has 0 saturated carbocycles. The number of carbonyl (C=O) groups excluding carboxylic acids is 5. The van der Waals surface area contributed by atoms with Gasteiger partial charge in [0.05, 0.1) is 40.7 Å². The monoisotopic (exact) mass is 516 g/mol. The Morgan fingerprint density at radius 2 is 0.974 bits per heavy atom. The van der Waals surface area contributed by atoms with Crippen molar-refractivity contribution in [1.82, 2.24) is 0 Å². The molecule has 4 aromatic carbocycles. The first kappa shape index (κ1) is 24.0. The molecule has 39 heavy (non-hydrogen) atoms. The zero-order valence-electron chi connectivity index (χ0n) is 20.9. The summed E-state index contributed by atoms with van der Waals surface area (Å²) >= 11 is 0. The molecule has 0 unspecified atom stereocenters. The molecule has 2 heterocycles. The Morgan fingerprint density at radius 1 is 0.564 bits per heavy atom. The van der Waals surface area contributed by atoms with Gasteiger partial charge in [-0.1, -0.05) is 29.8 Å². The van der Waals surface area contributed by atoms with Gasteiger partial charge in [0.25, 0.3) is 23.6 Å². The van der Waals surface area contributed by atoms with Gasteiger partial charge in [0, 0.05) is 11.1 Å². The van der Waals surface area contributed by atoms with Crippen molar-refractivity contribution in [3.05, 3.63) is 124 Å². The van der Waals surface area contributed by atoms with E-state index in [0.29, 0.717) is 17.1 Å². The molecule has 0 saturated heterocycles. The van der Waals surface area contributed by atoms with E-state index in [1.165, 1.54) is 43.5 Å². The molecule has 4 amide bonds. The number of hydrogen-bond donors (Lipinski definition) is 0. The van der Waals surface area contributed by atoms with Crippen LogP contribution in [0.4, 0.5) is 11.4 Å². The third kappa shape index (κ3) is 3.73. The van der Waals surface area contributed by atoms with E-state index in [0.717, 1.165) is 15.4 Å². The lowest BCUT2D eigenvalue weighted by atomic mass is 9.96. The average Bonchev–Trinajstić information content (AvgIpc) is 3.36. The summed E-state index contributed by atoms with van der Waals surface area (Å²) in [7, 11) is 1.52. The molecule has 4 aromatic rings. The smallest absolute Gasteiger partial charge is 0.266 e. The fraction of sp³-hybridized carbons (Fsp3) is 0.0645. The number of aryl methyl sites for hydroxylation is 1. The van der Waals surface area contributed by atoms with Crippen LogP contribution in [0.15, 0.2) is 84.9 Å². The van der Waals surface area contributed by atoms with E-state index in [1.54, 1.807) is 36.4 Å². The summed E-state index contributed by atoms with van der Waals surface area (Å²) in [5, 5.41) is 0. The summed E-state index contributed by atoms with van der Waals surface area (Å²) in [6, 6.07) is 22.2. The second-order valence-electron chi connectivity index (χ2n) is 9.27. The van der Waals surface area contributed by atoms with Crippen molar-refractivity contribution in [2.24, 2.45) is 0 Å². The van der Waals surface area contributed by atoms with E-state index < -0.39 is 29.4 Å². The number of methoxy groups -OCH3 is 1. The average molecular weight is 517 g/mol. The maximum Gasteiger partial charge on any atom is 0.266 e. The topological polar surface area (TPSA) is 101 Å². The van der Waals surface area contributed by atoms with Crippen molar-refractivity contribution >= 4 is 40.8 Å². The minimum Gasteiger partial charge on any atom is -0.497 e. The van der Waals surface area contributed by atoms with Crippen molar-refractivity contribution in [3.8, 4) is 5.75 Å². The summed E-state index contributed by atoms with van der Waals surface area (Å²) in [6.45, 7) is 1.91. The normalized spacial score (nSPS) is 14.1. The quantitative estimate of drug-likeness (QED) is 0.278. The van der Waals surface area contributed by atoms with Crippen LogP contribution >= 0.6 is 0 Å². The van der Waals surface area contributed by atoms with Gasteiger partial charge < -0.3 is 4.74 Å². The Morgan fingerprint density at radius 3 is 1.41 bits per heavy atom. The van der Waals surface area contributed by atoms with Gasteiger partial charge in [-0.3, -0.25) is 24.0 Å². The Labute approximate surface area is 223 Å². The highest BCUT2D eigenvalue weighted by Gasteiger charge is 2.39. The fourth-order valence-corrected chi connectivity index (χ4v) is 4.82. The molecule has 0 spiro atoms. The van der Waals surface area contributed by atoms with Crippen LogP contribution in [0.5, 0.6) is 5.75 Å². The van der Waals surface area contributed by atoms with Gasteiger partial charge in [0.1, 0.15) is 5.75 Å². The van der Waals surface area contributed by atoms with Crippen LogP contribution < -0.4 is 14.5 Å². The van der Waals surface area contributed by atoms with Crippen LogP contribution in [-0.2, 0) is 0 Å². The highest BCUT2D eigenvalue weighted by Crippen LogP contribution is 2.32. The second kappa shape index (κ2) is 8.88. The first-order valence-electron chi connectivity index (χ1n) is 12.1. The Kier molecular flexibility index (Phi) is 5.46. The zero-order valence-corrected chi connectivity index (χ0v) is 20.9. The van der Waals surface area contributed by atoms with Crippen LogP contribution in [0.2, 0.25) is 0 Å². The van der Waals surface area contributed by atoms with Gasteiger partial charge in [-0.2, -0.15) is 0 Å². The summed E-state index contributed by atoms with van der Waals surface area (Å²) in [6.07, 6.45) is 0. The first-order valence-corrected chi connectivity index (χ1v) is 12.1. The van der Waals surface area contributed by atoms with E-state index in [1.807, 2.05) is 19.1 Å². The molecule has 8 heteroatoms. The first-order chi connectivity index (χ1) is 18.8. The van der Waals surface area contributed by atoms with Crippen LogP contribution in [-0.4, -0.2) is 36.5 Å². The summed E-state index contributed by atoms with van der Waals surface area (Å²) in [5.41, 5.74) is 2.83. The van der Waals surface area contributed by atoms with E-state index in [2.05, 4.69) is 0 Å². The molecule has 2 aliphatic rings. The molecule has 0 radical (unpaired) electrons. The van der Waals surface area contributed by atoms with Gasteiger partial charge in [0.15, 0.2) is 5.78 Å². The molecule has 0 aliphatic carbocycles. The number of rotatable bonds is 5. The van der Waals surface area contributed by atoms with E-state index >= 15 is 0 Å². The fourth-order valence-electron chi connectivity index (χ4n) is 4.82. The highest BCUT2D eigenvalue weighted by molar-refractivity contribution is 6.36. The standard InChI is InChI=1S/C31H20N2O6/c1-17-3-7-20(8-4-17)32-28(35)23-13-5-18(15-25(23)30(32)37)27(34)19-6-14-24-26(16-19)31(38)33(29(24)36)21-9-11-22(39-2)12-10-21/h3-16H,1-2H3.